The van der Waals surface area contributed by atoms with Gasteiger partial charge in [0.1, 0.15) is 5.69 Å². The molecule has 1 aliphatic carbocycles. The molecule has 0 aromatic carbocycles. The van der Waals surface area contributed by atoms with Gasteiger partial charge >= 0.3 is 0 Å². The lowest BCUT2D eigenvalue weighted by Crippen LogP contribution is -2.22. The molecule has 1 heterocycles. The summed E-state index contributed by atoms with van der Waals surface area (Å²) in [5.41, 5.74) is 5.86. The van der Waals surface area contributed by atoms with Crippen molar-refractivity contribution in [2.45, 2.75) is 25.8 Å². The summed E-state index contributed by atoms with van der Waals surface area (Å²) in [6, 6.07) is 0. The average Bonchev–Trinajstić information content (AvgIpc) is 2.50. The molecule has 1 aromatic heterocycles. The van der Waals surface area contributed by atoms with Crippen LogP contribution in [0.25, 0.3) is 0 Å². The van der Waals surface area contributed by atoms with E-state index in [4.69, 9.17) is 5.73 Å². The van der Waals surface area contributed by atoms with Crippen LogP contribution in [0.3, 0.4) is 0 Å². The van der Waals surface area contributed by atoms with Crippen LogP contribution in [0.1, 0.15) is 29.8 Å². The molecule has 0 radical (unpaired) electrons. The lowest BCUT2D eigenvalue weighted by Gasteiger charge is -2.22. The number of rotatable bonds is 4. The first-order valence-electron chi connectivity index (χ1n) is 4.95. The molecule has 5 heteroatoms. The SMILES string of the molecule is NCCn1cc(C(=O)C2CCC2)nn1. The molecular weight excluding hydrogens is 180 g/mol. The fourth-order valence-corrected chi connectivity index (χ4v) is 1.53. The second-order valence-electron chi connectivity index (χ2n) is 3.65. The van der Waals surface area contributed by atoms with Crippen LogP contribution in [0, 0.1) is 5.92 Å². The summed E-state index contributed by atoms with van der Waals surface area (Å²) >= 11 is 0. The maximum Gasteiger partial charge on any atom is 0.187 e. The van der Waals surface area contributed by atoms with E-state index in [1.807, 2.05) is 0 Å². The Balaban J connectivity index is 2.04. The van der Waals surface area contributed by atoms with E-state index in [1.54, 1.807) is 10.9 Å². The van der Waals surface area contributed by atoms with Gasteiger partial charge in [0.15, 0.2) is 5.78 Å². The predicted molar refractivity (Wildman–Crippen MR) is 50.7 cm³/mol. The normalized spacial score (nSPS) is 16.6. The van der Waals surface area contributed by atoms with Gasteiger partial charge in [0, 0.05) is 12.5 Å². The summed E-state index contributed by atoms with van der Waals surface area (Å²) in [6.45, 7) is 1.13. The van der Waals surface area contributed by atoms with Crippen LogP contribution >= 0.6 is 0 Å². The maximum absolute atomic E-state index is 11.7. The van der Waals surface area contributed by atoms with Gasteiger partial charge in [-0.05, 0) is 12.8 Å². The van der Waals surface area contributed by atoms with Gasteiger partial charge in [0.25, 0.3) is 0 Å². The molecule has 1 saturated carbocycles. The van der Waals surface area contributed by atoms with Gasteiger partial charge in [-0.1, -0.05) is 11.6 Å². The number of nitrogens with zero attached hydrogens (tertiary/aromatic N) is 3. The minimum Gasteiger partial charge on any atom is -0.329 e. The number of carbonyl (C=O) groups is 1. The Hall–Kier alpha value is -1.23. The number of ketones is 1. The van der Waals surface area contributed by atoms with Gasteiger partial charge in [0.05, 0.1) is 12.7 Å². The van der Waals surface area contributed by atoms with Crippen molar-refractivity contribution in [3.8, 4) is 0 Å². The van der Waals surface area contributed by atoms with Gasteiger partial charge < -0.3 is 5.73 Å². The third-order valence-corrected chi connectivity index (χ3v) is 2.63. The molecular formula is C9H14N4O. The number of aromatic nitrogens is 3. The van der Waals surface area contributed by atoms with Crippen LogP contribution in [-0.2, 0) is 6.54 Å². The Kier molecular flexibility index (Phi) is 2.58. The predicted octanol–water partition coefficient (Wildman–Crippen LogP) is 0.220. The minimum atomic E-state index is 0.138. The monoisotopic (exact) mass is 194 g/mol. The van der Waals surface area contributed by atoms with E-state index in [-0.39, 0.29) is 11.7 Å². The van der Waals surface area contributed by atoms with Gasteiger partial charge in [-0.3, -0.25) is 9.48 Å². The molecule has 0 amide bonds. The van der Waals surface area contributed by atoms with E-state index in [1.165, 1.54) is 0 Å². The zero-order valence-electron chi connectivity index (χ0n) is 8.02. The average molecular weight is 194 g/mol. The molecule has 14 heavy (non-hydrogen) atoms. The number of hydrogen-bond acceptors (Lipinski definition) is 4. The van der Waals surface area contributed by atoms with E-state index in [0.717, 1.165) is 19.3 Å². The Morgan fingerprint density at radius 2 is 2.43 bits per heavy atom. The van der Waals surface area contributed by atoms with E-state index in [9.17, 15) is 4.79 Å². The van der Waals surface area contributed by atoms with Crippen LogP contribution in [0.15, 0.2) is 6.20 Å². The number of carbonyl (C=O) groups excluding carboxylic acids is 1. The lowest BCUT2D eigenvalue weighted by molar-refractivity contribution is 0.0849. The highest BCUT2D eigenvalue weighted by Crippen LogP contribution is 2.28. The molecule has 0 unspecified atom stereocenters. The number of Topliss-reactive ketones (excluding diaryl/α,β-unsaturated/α-hetero) is 1. The van der Waals surface area contributed by atoms with Crippen LogP contribution in [0.5, 0.6) is 0 Å². The van der Waals surface area contributed by atoms with Crippen molar-refractivity contribution in [2.75, 3.05) is 6.54 Å². The molecule has 0 saturated heterocycles. The van der Waals surface area contributed by atoms with Crippen molar-refractivity contribution in [3.63, 3.8) is 0 Å². The maximum atomic E-state index is 11.7. The summed E-state index contributed by atoms with van der Waals surface area (Å²) in [4.78, 5) is 11.7. The quantitative estimate of drug-likeness (QED) is 0.696. The van der Waals surface area contributed by atoms with Gasteiger partial charge in [-0.2, -0.15) is 0 Å². The van der Waals surface area contributed by atoms with Gasteiger partial charge in [0.2, 0.25) is 0 Å². The fraction of sp³-hybridized carbons (Fsp3) is 0.667. The largest absolute Gasteiger partial charge is 0.329 e. The van der Waals surface area contributed by atoms with Crippen molar-refractivity contribution >= 4 is 5.78 Å². The second-order valence-corrected chi connectivity index (χ2v) is 3.65. The van der Waals surface area contributed by atoms with Gasteiger partial charge in [-0.15, -0.1) is 5.10 Å². The Labute approximate surface area is 82.3 Å². The summed E-state index contributed by atoms with van der Waals surface area (Å²) in [7, 11) is 0. The van der Waals surface area contributed by atoms with Crippen LogP contribution in [-0.4, -0.2) is 27.3 Å². The Morgan fingerprint density at radius 3 is 3.00 bits per heavy atom. The molecule has 0 aliphatic heterocycles. The first-order valence-corrected chi connectivity index (χ1v) is 4.95. The van der Waals surface area contributed by atoms with Crippen molar-refractivity contribution in [1.29, 1.82) is 0 Å². The smallest absolute Gasteiger partial charge is 0.187 e. The van der Waals surface area contributed by atoms with Gasteiger partial charge in [-0.25, -0.2) is 0 Å². The van der Waals surface area contributed by atoms with E-state index >= 15 is 0 Å². The number of hydrogen-bond donors (Lipinski definition) is 1. The summed E-state index contributed by atoms with van der Waals surface area (Å²) < 4.78 is 1.62. The molecule has 1 aromatic rings. The standard InChI is InChI=1S/C9H14N4O/c10-4-5-13-6-8(11-12-13)9(14)7-2-1-3-7/h6-7H,1-5,10H2. The van der Waals surface area contributed by atoms with E-state index in [2.05, 4.69) is 10.3 Å². The molecule has 2 rings (SSSR count). The van der Waals surface area contributed by atoms with Crippen molar-refractivity contribution in [2.24, 2.45) is 11.7 Å². The topological polar surface area (TPSA) is 73.8 Å². The molecule has 2 N–H and O–H groups in total. The minimum absolute atomic E-state index is 0.138. The van der Waals surface area contributed by atoms with E-state index < -0.39 is 0 Å². The van der Waals surface area contributed by atoms with E-state index in [0.29, 0.717) is 18.8 Å². The second kappa shape index (κ2) is 3.88. The molecule has 0 spiro atoms. The summed E-state index contributed by atoms with van der Waals surface area (Å²) in [6.07, 6.45) is 4.85. The Bertz CT molecular complexity index is 329. The first kappa shape index (κ1) is 9.33. The third kappa shape index (κ3) is 1.68. The highest BCUT2D eigenvalue weighted by atomic mass is 16.1. The van der Waals surface area contributed by atoms with Crippen LogP contribution in [0.4, 0.5) is 0 Å². The van der Waals surface area contributed by atoms with Crippen molar-refractivity contribution < 1.29 is 4.79 Å². The Morgan fingerprint density at radius 1 is 1.64 bits per heavy atom. The molecule has 0 atom stereocenters. The summed E-state index contributed by atoms with van der Waals surface area (Å²) in [5, 5.41) is 7.68. The van der Waals surface area contributed by atoms with Crippen molar-refractivity contribution in [1.82, 2.24) is 15.0 Å². The highest BCUT2D eigenvalue weighted by Gasteiger charge is 2.27. The first-order chi connectivity index (χ1) is 6.81. The van der Waals surface area contributed by atoms with Crippen molar-refractivity contribution in [3.05, 3.63) is 11.9 Å². The zero-order valence-corrected chi connectivity index (χ0v) is 8.02. The highest BCUT2D eigenvalue weighted by molar-refractivity contribution is 5.96. The third-order valence-electron chi connectivity index (χ3n) is 2.63. The van der Waals surface area contributed by atoms with Crippen LogP contribution < -0.4 is 5.73 Å². The zero-order chi connectivity index (χ0) is 9.97. The number of nitrogens with two attached hydrogens (primary N) is 1. The molecule has 5 nitrogen and oxygen atoms in total. The molecule has 1 aliphatic rings. The molecule has 0 bridgehead atoms. The lowest BCUT2D eigenvalue weighted by atomic mass is 9.81. The van der Waals surface area contributed by atoms with Crippen LogP contribution in [0.2, 0.25) is 0 Å². The fourth-order valence-electron chi connectivity index (χ4n) is 1.53. The molecule has 1 fully saturated rings. The summed E-state index contributed by atoms with van der Waals surface area (Å²) in [5.74, 6) is 0.331. The molecule has 76 valence electrons.